The summed E-state index contributed by atoms with van der Waals surface area (Å²) in [4.78, 5) is 24.3. The summed E-state index contributed by atoms with van der Waals surface area (Å²) in [6.07, 6.45) is 4.42. The Bertz CT molecular complexity index is 752. The van der Waals surface area contributed by atoms with Crippen molar-refractivity contribution >= 4 is 23.6 Å². The monoisotopic (exact) mass is 345 g/mol. The van der Waals surface area contributed by atoms with Crippen LogP contribution in [-0.2, 0) is 4.79 Å². The molecule has 2 N–H and O–H groups in total. The average molecular weight is 345 g/mol. The second kappa shape index (κ2) is 6.68. The molecule has 0 bridgehead atoms. The molecular formula is C17H19N3O3S. The van der Waals surface area contributed by atoms with E-state index in [0.29, 0.717) is 18.4 Å². The molecule has 24 heavy (non-hydrogen) atoms. The Kier molecular flexibility index (Phi) is 4.62. The van der Waals surface area contributed by atoms with Crippen LogP contribution in [0.4, 0.5) is 0 Å². The van der Waals surface area contributed by atoms with Gasteiger partial charge in [-0.1, -0.05) is 0 Å². The molecule has 1 aliphatic heterocycles. The molecule has 0 aliphatic carbocycles. The lowest BCUT2D eigenvalue weighted by molar-refractivity contribution is -0.144. The molecule has 0 unspecified atom stereocenters. The first-order valence-electron chi connectivity index (χ1n) is 7.76. The lowest BCUT2D eigenvalue weighted by atomic mass is 9.91. The highest BCUT2D eigenvalue weighted by molar-refractivity contribution is 7.99. The van der Waals surface area contributed by atoms with Crippen molar-refractivity contribution in [1.29, 1.82) is 0 Å². The minimum absolute atomic E-state index is 0.348. The number of carboxylic acids is 1. The molecule has 7 heteroatoms. The third-order valence-corrected chi connectivity index (χ3v) is 5.30. The van der Waals surface area contributed by atoms with Crippen LogP contribution in [0.3, 0.4) is 0 Å². The van der Waals surface area contributed by atoms with Crippen LogP contribution in [0.25, 0.3) is 5.69 Å². The largest absolute Gasteiger partial charge is 0.480 e. The van der Waals surface area contributed by atoms with Gasteiger partial charge in [0, 0.05) is 18.0 Å². The number of thioether (sulfide) groups is 1. The smallest absolute Gasteiger partial charge is 0.329 e. The number of nitrogens with one attached hydrogen (secondary N) is 1. The average Bonchev–Trinajstić information content (AvgIpc) is 3.09. The molecule has 1 fully saturated rings. The fourth-order valence-corrected chi connectivity index (χ4v) is 4.06. The van der Waals surface area contributed by atoms with E-state index in [1.165, 1.54) is 0 Å². The molecule has 1 aromatic carbocycles. The molecule has 3 rings (SSSR count). The van der Waals surface area contributed by atoms with E-state index in [2.05, 4.69) is 10.4 Å². The Balaban J connectivity index is 1.82. The summed E-state index contributed by atoms with van der Waals surface area (Å²) in [6.45, 7) is 1.90. The van der Waals surface area contributed by atoms with Gasteiger partial charge in [-0.15, -0.1) is 0 Å². The molecule has 1 amide bonds. The first-order chi connectivity index (χ1) is 11.5. The van der Waals surface area contributed by atoms with Gasteiger partial charge in [-0.3, -0.25) is 4.79 Å². The number of amides is 1. The number of rotatable bonds is 4. The standard InChI is InChI=1S/C17H19N3O3S/c1-12-11-13(3-4-14(12)20-8-2-7-18-20)15(21)19-17(16(22)23)5-9-24-10-6-17/h2-4,7-8,11H,5-6,9-10H2,1H3,(H,19,21)(H,22,23). The normalized spacial score (nSPS) is 16.5. The van der Waals surface area contributed by atoms with E-state index >= 15 is 0 Å². The van der Waals surface area contributed by atoms with Crippen molar-refractivity contribution in [3.05, 3.63) is 47.8 Å². The van der Waals surface area contributed by atoms with Crippen molar-refractivity contribution in [1.82, 2.24) is 15.1 Å². The number of hydrogen-bond donors (Lipinski definition) is 2. The van der Waals surface area contributed by atoms with E-state index in [9.17, 15) is 14.7 Å². The van der Waals surface area contributed by atoms with Crippen molar-refractivity contribution in [3.8, 4) is 5.69 Å². The molecule has 0 radical (unpaired) electrons. The zero-order valence-corrected chi connectivity index (χ0v) is 14.2. The molecule has 6 nitrogen and oxygen atoms in total. The zero-order valence-electron chi connectivity index (χ0n) is 13.4. The van der Waals surface area contributed by atoms with Crippen molar-refractivity contribution < 1.29 is 14.7 Å². The highest BCUT2D eigenvalue weighted by atomic mass is 32.2. The van der Waals surface area contributed by atoms with E-state index in [1.807, 2.05) is 25.3 Å². The van der Waals surface area contributed by atoms with Gasteiger partial charge < -0.3 is 10.4 Å². The van der Waals surface area contributed by atoms with Gasteiger partial charge in [0.05, 0.1) is 5.69 Å². The molecule has 0 spiro atoms. The van der Waals surface area contributed by atoms with Gasteiger partial charge in [0.2, 0.25) is 0 Å². The van der Waals surface area contributed by atoms with Crippen molar-refractivity contribution in [2.45, 2.75) is 25.3 Å². The van der Waals surface area contributed by atoms with Crippen molar-refractivity contribution in [3.63, 3.8) is 0 Å². The third-order valence-electron chi connectivity index (χ3n) is 4.32. The van der Waals surface area contributed by atoms with Gasteiger partial charge in [-0.05, 0) is 61.1 Å². The van der Waals surface area contributed by atoms with Crippen LogP contribution in [0.2, 0.25) is 0 Å². The maximum atomic E-state index is 12.6. The Labute approximate surface area is 144 Å². The second-order valence-corrected chi connectivity index (χ2v) is 7.13. The summed E-state index contributed by atoms with van der Waals surface area (Å²) in [5.41, 5.74) is 1.09. The van der Waals surface area contributed by atoms with Crippen LogP contribution in [-0.4, -0.2) is 43.8 Å². The Morgan fingerprint density at radius 3 is 2.67 bits per heavy atom. The summed E-state index contributed by atoms with van der Waals surface area (Å²) < 4.78 is 1.73. The molecule has 1 aromatic heterocycles. The molecule has 1 aliphatic rings. The fourth-order valence-electron chi connectivity index (χ4n) is 2.87. The Hall–Kier alpha value is -2.28. The van der Waals surface area contributed by atoms with Gasteiger partial charge in [-0.25, -0.2) is 9.48 Å². The minimum atomic E-state index is -1.16. The molecule has 0 atom stereocenters. The molecule has 1 saturated heterocycles. The maximum Gasteiger partial charge on any atom is 0.329 e. The molecular weight excluding hydrogens is 326 g/mol. The van der Waals surface area contributed by atoms with E-state index in [0.717, 1.165) is 22.8 Å². The zero-order chi connectivity index (χ0) is 17.2. The fraction of sp³-hybridized carbons (Fsp3) is 0.353. The SMILES string of the molecule is Cc1cc(C(=O)NC2(C(=O)O)CCSCC2)ccc1-n1cccn1. The van der Waals surface area contributed by atoms with E-state index in [-0.39, 0.29) is 5.91 Å². The Morgan fingerprint density at radius 2 is 2.08 bits per heavy atom. The highest BCUT2D eigenvalue weighted by Crippen LogP contribution is 2.28. The minimum Gasteiger partial charge on any atom is -0.480 e. The number of aliphatic carboxylic acids is 1. The van der Waals surface area contributed by atoms with Gasteiger partial charge in [0.1, 0.15) is 5.54 Å². The van der Waals surface area contributed by atoms with Crippen LogP contribution in [0.15, 0.2) is 36.7 Å². The van der Waals surface area contributed by atoms with Crippen LogP contribution < -0.4 is 5.32 Å². The predicted molar refractivity (Wildman–Crippen MR) is 92.7 cm³/mol. The van der Waals surface area contributed by atoms with Crippen LogP contribution in [0.1, 0.15) is 28.8 Å². The summed E-state index contributed by atoms with van der Waals surface area (Å²) in [6, 6.07) is 7.12. The number of carboxylic acid groups (broad SMARTS) is 1. The number of carbonyl (C=O) groups is 2. The van der Waals surface area contributed by atoms with Crippen LogP contribution >= 0.6 is 11.8 Å². The summed E-state index contributed by atoms with van der Waals surface area (Å²) >= 11 is 1.72. The Morgan fingerprint density at radius 1 is 1.33 bits per heavy atom. The van der Waals surface area contributed by atoms with E-state index in [4.69, 9.17) is 0 Å². The first-order valence-corrected chi connectivity index (χ1v) is 8.92. The summed E-state index contributed by atoms with van der Waals surface area (Å²) in [5, 5.41) is 16.5. The molecule has 0 saturated carbocycles. The van der Waals surface area contributed by atoms with Crippen LogP contribution in [0, 0.1) is 6.92 Å². The quantitative estimate of drug-likeness (QED) is 0.888. The number of carbonyl (C=O) groups excluding carboxylic acids is 1. The number of aromatic nitrogens is 2. The predicted octanol–water partition coefficient (Wildman–Crippen LogP) is 2.26. The second-order valence-electron chi connectivity index (χ2n) is 5.91. The van der Waals surface area contributed by atoms with Gasteiger partial charge in [0.15, 0.2) is 0 Å². The topological polar surface area (TPSA) is 84.2 Å². The maximum absolute atomic E-state index is 12.6. The molecule has 126 valence electrons. The van der Waals surface area contributed by atoms with E-state index < -0.39 is 11.5 Å². The number of aryl methyl sites for hydroxylation is 1. The van der Waals surface area contributed by atoms with E-state index in [1.54, 1.807) is 34.8 Å². The van der Waals surface area contributed by atoms with Crippen molar-refractivity contribution in [2.75, 3.05) is 11.5 Å². The summed E-state index contributed by atoms with van der Waals surface area (Å²) in [7, 11) is 0. The number of nitrogens with zero attached hydrogens (tertiary/aromatic N) is 2. The number of hydrogen-bond acceptors (Lipinski definition) is 4. The molecule has 2 heterocycles. The first kappa shape index (κ1) is 16.6. The van der Waals surface area contributed by atoms with Gasteiger partial charge in [-0.2, -0.15) is 16.9 Å². The lowest BCUT2D eigenvalue weighted by Gasteiger charge is -2.33. The van der Waals surface area contributed by atoms with Gasteiger partial charge >= 0.3 is 5.97 Å². The summed E-state index contributed by atoms with van der Waals surface area (Å²) in [5.74, 6) is 0.175. The number of benzene rings is 1. The highest BCUT2D eigenvalue weighted by Gasteiger charge is 2.41. The third kappa shape index (κ3) is 3.17. The van der Waals surface area contributed by atoms with Crippen molar-refractivity contribution in [2.24, 2.45) is 0 Å². The lowest BCUT2D eigenvalue weighted by Crippen LogP contribution is -2.56. The molecule has 2 aromatic rings. The van der Waals surface area contributed by atoms with Crippen LogP contribution in [0.5, 0.6) is 0 Å². The van der Waals surface area contributed by atoms with Gasteiger partial charge in [0.25, 0.3) is 5.91 Å².